The first-order chi connectivity index (χ1) is 17.6. The molecule has 5 rings (SSSR count). The monoisotopic (exact) mass is 488 g/mol. The average Bonchev–Trinajstić information content (AvgIpc) is 3.38. The normalized spacial score (nSPS) is 14.2. The van der Waals surface area contributed by atoms with Gasteiger partial charge in [0.15, 0.2) is 5.82 Å². The highest BCUT2D eigenvalue weighted by molar-refractivity contribution is 6.00. The molecule has 4 aromatic heterocycles. The average molecular weight is 489 g/mol. The fraction of sp³-hybridized carbons (Fsp3) is 0.346. The SMILES string of the molecule is Cc1nc(-c2nc(Nc3ccncc3C(=O)NCCCN3CCCCC3)c3cccn3n2)ccc1F. The van der Waals surface area contributed by atoms with Gasteiger partial charge in [0.1, 0.15) is 17.0 Å². The standard InChI is InChI=1S/C26H29FN8O/c1-18-20(27)8-9-22(30-18)24-32-25(23-7-5-16-35(23)33-24)31-21-10-12-28-17-19(21)26(36)29-11-6-15-34-13-3-2-4-14-34/h5,7-10,12,16-17H,2-4,6,11,13-15H2,1H3,(H,29,36)(H,28,31,32,33). The molecular formula is C26H29FN8O. The van der Waals surface area contributed by atoms with Gasteiger partial charge in [-0.2, -0.15) is 0 Å². The Morgan fingerprint density at radius 2 is 1.97 bits per heavy atom. The minimum atomic E-state index is -0.387. The molecule has 1 aliphatic rings. The number of nitrogens with zero attached hydrogens (tertiary/aromatic N) is 6. The maximum Gasteiger partial charge on any atom is 0.254 e. The summed E-state index contributed by atoms with van der Waals surface area (Å²) in [7, 11) is 0. The van der Waals surface area contributed by atoms with E-state index < -0.39 is 0 Å². The van der Waals surface area contributed by atoms with Crippen LogP contribution in [0, 0.1) is 12.7 Å². The number of pyridine rings is 2. The second kappa shape index (κ2) is 10.8. The Balaban J connectivity index is 1.34. The van der Waals surface area contributed by atoms with Crippen LogP contribution in [0.2, 0.25) is 0 Å². The third-order valence-electron chi connectivity index (χ3n) is 6.35. The van der Waals surface area contributed by atoms with Crippen LogP contribution >= 0.6 is 0 Å². The number of halogens is 1. The molecule has 1 fully saturated rings. The number of carbonyl (C=O) groups is 1. The molecule has 0 radical (unpaired) electrons. The Labute approximate surface area is 208 Å². The van der Waals surface area contributed by atoms with Gasteiger partial charge < -0.3 is 15.5 Å². The molecule has 0 bridgehead atoms. The number of likely N-dealkylation sites (tertiary alicyclic amines) is 1. The van der Waals surface area contributed by atoms with Crippen LogP contribution < -0.4 is 10.6 Å². The summed E-state index contributed by atoms with van der Waals surface area (Å²) in [5.41, 5.74) is 2.45. The van der Waals surface area contributed by atoms with Gasteiger partial charge >= 0.3 is 0 Å². The first-order valence-electron chi connectivity index (χ1n) is 12.3. The molecule has 0 atom stereocenters. The maximum atomic E-state index is 13.7. The quantitative estimate of drug-likeness (QED) is 0.362. The molecule has 1 aliphatic heterocycles. The summed E-state index contributed by atoms with van der Waals surface area (Å²) in [6.45, 7) is 5.48. The van der Waals surface area contributed by atoms with Crippen molar-refractivity contribution in [2.75, 3.05) is 31.5 Å². The second-order valence-electron chi connectivity index (χ2n) is 8.94. The predicted molar refractivity (Wildman–Crippen MR) is 136 cm³/mol. The second-order valence-corrected chi connectivity index (χ2v) is 8.94. The lowest BCUT2D eigenvalue weighted by Gasteiger charge is -2.26. The molecule has 10 heteroatoms. The van der Waals surface area contributed by atoms with E-state index in [0.717, 1.165) is 31.6 Å². The van der Waals surface area contributed by atoms with E-state index in [1.54, 1.807) is 42.2 Å². The number of piperidine rings is 1. The van der Waals surface area contributed by atoms with E-state index in [-0.39, 0.29) is 17.4 Å². The third kappa shape index (κ3) is 5.33. The maximum absolute atomic E-state index is 13.7. The predicted octanol–water partition coefficient (Wildman–Crippen LogP) is 3.98. The number of amides is 1. The van der Waals surface area contributed by atoms with Gasteiger partial charge in [-0.1, -0.05) is 6.42 Å². The minimum absolute atomic E-state index is 0.194. The zero-order chi connectivity index (χ0) is 24.9. The zero-order valence-corrected chi connectivity index (χ0v) is 20.2. The van der Waals surface area contributed by atoms with Crippen LogP contribution in [0.15, 0.2) is 48.9 Å². The molecule has 2 N–H and O–H groups in total. The largest absolute Gasteiger partial charge is 0.352 e. The van der Waals surface area contributed by atoms with Crippen LogP contribution in [-0.4, -0.2) is 61.6 Å². The Kier molecular flexibility index (Phi) is 7.13. The number of carbonyl (C=O) groups excluding carboxylic acids is 1. The number of anilines is 2. The fourth-order valence-corrected chi connectivity index (χ4v) is 4.40. The number of aryl methyl sites for hydroxylation is 1. The van der Waals surface area contributed by atoms with Gasteiger partial charge in [-0.05, 0) is 76.2 Å². The number of hydrogen-bond donors (Lipinski definition) is 2. The molecule has 9 nitrogen and oxygen atoms in total. The highest BCUT2D eigenvalue weighted by Gasteiger charge is 2.16. The number of rotatable bonds is 8. The van der Waals surface area contributed by atoms with Crippen molar-refractivity contribution >= 4 is 22.9 Å². The summed E-state index contributed by atoms with van der Waals surface area (Å²) in [6.07, 6.45) is 9.69. The minimum Gasteiger partial charge on any atom is -0.352 e. The number of nitrogens with one attached hydrogen (secondary N) is 2. The van der Waals surface area contributed by atoms with Crippen molar-refractivity contribution in [2.45, 2.75) is 32.6 Å². The molecule has 1 saturated heterocycles. The van der Waals surface area contributed by atoms with Gasteiger partial charge in [0.2, 0.25) is 5.82 Å². The molecule has 0 saturated carbocycles. The molecule has 0 spiro atoms. The molecule has 36 heavy (non-hydrogen) atoms. The van der Waals surface area contributed by atoms with E-state index in [9.17, 15) is 9.18 Å². The van der Waals surface area contributed by atoms with Crippen LogP contribution in [0.5, 0.6) is 0 Å². The van der Waals surface area contributed by atoms with Crippen LogP contribution in [0.3, 0.4) is 0 Å². The Bertz CT molecular complexity index is 1370. The third-order valence-corrected chi connectivity index (χ3v) is 6.35. The number of hydrogen-bond acceptors (Lipinski definition) is 7. The molecule has 5 heterocycles. The van der Waals surface area contributed by atoms with Crippen molar-refractivity contribution < 1.29 is 9.18 Å². The molecule has 1 amide bonds. The van der Waals surface area contributed by atoms with Crippen molar-refractivity contribution in [3.05, 3.63) is 66.0 Å². The van der Waals surface area contributed by atoms with Crippen LogP contribution in [0.25, 0.3) is 17.0 Å². The molecule has 4 aromatic rings. The van der Waals surface area contributed by atoms with Crippen LogP contribution in [-0.2, 0) is 0 Å². The van der Waals surface area contributed by atoms with Gasteiger partial charge in [0, 0.05) is 25.1 Å². The molecule has 0 aromatic carbocycles. The van der Waals surface area contributed by atoms with E-state index >= 15 is 0 Å². The lowest BCUT2D eigenvalue weighted by molar-refractivity contribution is 0.0951. The van der Waals surface area contributed by atoms with Gasteiger partial charge in [-0.15, -0.1) is 5.10 Å². The highest BCUT2D eigenvalue weighted by atomic mass is 19.1. The number of aromatic nitrogens is 5. The van der Waals surface area contributed by atoms with Crippen molar-refractivity contribution in [1.82, 2.24) is 34.8 Å². The molecule has 186 valence electrons. The molecule has 0 aliphatic carbocycles. The van der Waals surface area contributed by atoms with E-state index in [1.165, 1.54) is 25.3 Å². The van der Waals surface area contributed by atoms with E-state index in [2.05, 4.69) is 35.6 Å². The van der Waals surface area contributed by atoms with E-state index in [0.29, 0.717) is 35.1 Å². The summed E-state index contributed by atoms with van der Waals surface area (Å²) in [6, 6.07) is 8.36. The zero-order valence-electron chi connectivity index (χ0n) is 20.2. The number of fused-ring (bicyclic) bond motifs is 1. The summed E-state index contributed by atoms with van der Waals surface area (Å²) in [5, 5.41) is 10.8. The van der Waals surface area contributed by atoms with E-state index in [1.807, 2.05) is 12.1 Å². The van der Waals surface area contributed by atoms with Gasteiger partial charge in [-0.3, -0.25) is 9.78 Å². The van der Waals surface area contributed by atoms with Crippen molar-refractivity contribution in [3.8, 4) is 11.5 Å². The fourth-order valence-electron chi connectivity index (χ4n) is 4.40. The summed E-state index contributed by atoms with van der Waals surface area (Å²) in [4.78, 5) is 28.5. The lowest BCUT2D eigenvalue weighted by Crippen LogP contribution is -2.33. The van der Waals surface area contributed by atoms with Crippen LogP contribution in [0.1, 0.15) is 41.7 Å². The summed E-state index contributed by atoms with van der Waals surface area (Å²) in [5.74, 6) is 0.254. The topological polar surface area (TPSA) is 100 Å². The smallest absolute Gasteiger partial charge is 0.254 e. The van der Waals surface area contributed by atoms with E-state index in [4.69, 9.17) is 0 Å². The van der Waals surface area contributed by atoms with Gasteiger partial charge in [0.05, 0.1) is 16.9 Å². The van der Waals surface area contributed by atoms with Crippen molar-refractivity contribution in [2.24, 2.45) is 0 Å². The molecule has 0 unspecified atom stereocenters. The first-order valence-corrected chi connectivity index (χ1v) is 12.3. The van der Waals surface area contributed by atoms with Crippen molar-refractivity contribution in [1.29, 1.82) is 0 Å². The Hall–Kier alpha value is -3.92. The summed E-state index contributed by atoms with van der Waals surface area (Å²) < 4.78 is 15.4. The highest BCUT2D eigenvalue weighted by Crippen LogP contribution is 2.25. The van der Waals surface area contributed by atoms with Gasteiger partial charge in [-0.25, -0.2) is 18.9 Å². The Morgan fingerprint density at radius 3 is 2.81 bits per heavy atom. The van der Waals surface area contributed by atoms with Crippen LogP contribution in [0.4, 0.5) is 15.9 Å². The van der Waals surface area contributed by atoms with Gasteiger partial charge in [0.25, 0.3) is 5.91 Å². The Morgan fingerprint density at radius 1 is 1.11 bits per heavy atom. The lowest BCUT2D eigenvalue weighted by atomic mass is 10.1. The van der Waals surface area contributed by atoms with Crippen molar-refractivity contribution in [3.63, 3.8) is 0 Å². The first kappa shape index (κ1) is 23.8. The summed E-state index contributed by atoms with van der Waals surface area (Å²) >= 11 is 0. The molecular weight excluding hydrogens is 459 g/mol.